The fourth-order valence-corrected chi connectivity index (χ4v) is 2.58. The molecule has 0 radical (unpaired) electrons. The van der Waals surface area contributed by atoms with E-state index in [0.29, 0.717) is 13.0 Å². The molecular weight excluding hydrogens is 318 g/mol. The van der Waals surface area contributed by atoms with Gasteiger partial charge in [-0.25, -0.2) is 0 Å². The highest BCUT2D eigenvalue weighted by molar-refractivity contribution is 9.10. The maximum absolute atomic E-state index is 12.0. The molecule has 0 spiro atoms. The summed E-state index contributed by atoms with van der Waals surface area (Å²) in [5.74, 6) is 0.0385. The third kappa shape index (κ3) is 5.25. The number of nitrogens with one attached hydrogen (secondary N) is 1. The van der Waals surface area contributed by atoms with Gasteiger partial charge in [0.25, 0.3) is 0 Å². The molecular formula is C16H24BrNO2. The number of halogens is 1. The molecule has 0 aliphatic rings. The molecule has 1 aromatic carbocycles. The van der Waals surface area contributed by atoms with Gasteiger partial charge >= 0.3 is 0 Å². The standard InChI is InChI=1S/C16H24BrNO2/c1-3-16(4-2,9-10-19)12-18-15(20)11-13-5-7-14(17)8-6-13/h5-8,19H,3-4,9-12H2,1-2H3,(H,18,20). The van der Waals surface area contributed by atoms with E-state index in [2.05, 4.69) is 35.1 Å². The van der Waals surface area contributed by atoms with Gasteiger partial charge in [0.05, 0.1) is 6.42 Å². The predicted octanol–water partition coefficient (Wildman–Crippen LogP) is 3.30. The van der Waals surface area contributed by atoms with Crippen LogP contribution in [0.4, 0.5) is 0 Å². The van der Waals surface area contributed by atoms with Gasteiger partial charge in [-0.3, -0.25) is 4.79 Å². The first-order chi connectivity index (χ1) is 9.55. The molecule has 0 fully saturated rings. The Bertz CT molecular complexity index is 413. The van der Waals surface area contributed by atoms with Gasteiger partial charge in [0.2, 0.25) is 5.91 Å². The van der Waals surface area contributed by atoms with Crippen LogP contribution in [0.5, 0.6) is 0 Å². The molecule has 0 atom stereocenters. The van der Waals surface area contributed by atoms with Crippen LogP contribution in [-0.4, -0.2) is 24.2 Å². The molecule has 112 valence electrons. The Morgan fingerprint density at radius 3 is 2.35 bits per heavy atom. The van der Waals surface area contributed by atoms with Crippen LogP contribution in [0.1, 0.15) is 38.7 Å². The fraction of sp³-hybridized carbons (Fsp3) is 0.562. The van der Waals surface area contributed by atoms with E-state index < -0.39 is 0 Å². The van der Waals surface area contributed by atoms with Crippen molar-refractivity contribution in [1.82, 2.24) is 5.32 Å². The van der Waals surface area contributed by atoms with E-state index in [1.807, 2.05) is 24.3 Å². The molecule has 0 aromatic heterocycles. The quantitative estimate of drug-likeness (QED) is 0.762. The number of benzene rings is 1. The van der Waals surface area contributed by atoms with Crippen molar-refractivity contribution in [3.63, 3.8) is 0 Å². The maximum Gasteiger partial charge on any atom is 0.224 e. The molecule has 4 heteroatoms. The van der Waals surface area contributed by atoms with Crippen LogP contribution in [0.2, 0.25) is 0 Å². The molecule has 0 saturated heterocycles. The molecule has 0 unspecified atom stereocenters. The van der Waals surface area contributed by atoms with Crippen LogP contribution in [0.15, 0.2) is 28.7 Å². The summed E-state index contributed by atoms with van der Waals surface area (Å²) in [5.41, 5.74) is 1.02. The van der Waals surface area contributed by atoms with Gasteiger partial charge in [-0.15, -0.1) is 0 Å². The van der Waals surface area contributed by atoms with E-state index in [1.54, 1.807) is 0 Å². The molecule has 1 aromatic rings. The molecule has 2 N–H and O–H groups in total. The number of aliphatic hydroxyl groups excluding tert-OH is 1. The highest BCUT2D eigenvalue weighted by Gasteiger charge is 2.25. The molecule has 0 aliphatic heterocycles. The normalized spacial score (nSPS) is 11.4. The highest BCUT2D eigenvalue weighted by atomic mass is 79.9. The van der Waals surface area contributed by atoms with Crippen molar-refractivity contribution < 1.29 is 9.90 Å². The van der Waals surface area contributed by atoms with Gasteiger partial charge in [-0.2, -0.15) is 0 Å². The van der Waals surface area contributed by atoms with Crippen molar-refractivity contribution in [3.05, 3.63) is 34.3 Å². The lowest BCUT2D eigenvalue weighted by molar-refractivity contribution is -0.121. The Balaban J connectivity index is 2.51. The lowest BCUT2D eigenvalue weighted by Gasteiger charge is -2.31. The first kappa shape index (κ1) is 17.2. The molecule has 0 bridgehead atoms. The molecule has 3 nitrogen and oxygen atoms in total. The van der Waals surface area contributed by atoms with E-state index >= 15 is 0 Å². The number of hydrogen-bond donors (Lipinski definition) is 2. The first-order valence-electron chi connectivity index (χ1n) is 7.17. The van der Waals surface area contributed by atoms with Gasteiger partial charge in [-0.05, 0) is 42.4 Å². The SMILES string of the molecule is CCC(CC)(CCO)CNC(=O)Cc1ccc(Br)cc1. The summed E-state index contributed by atoms with van der Waals surface area (Å²) in [6.45, 7) is 5.03. The van der Waals surface area contributed by atoms with Crippen molar-refractivity contribution >= 4 is 21.8 Å². The minimum Gasteiger partial charge on any atom is -0.396 e. The average Bonchev–Trinajstić information content (AvgIpc) is 2.46. The number of aliphatic hydroxyl groups is 1. The zero-order valence-electron chi connectivity index (χ0n) is 12.3. The molecule has 1 amide bonds. The molecule has 0 saturated carbocycles. The third-order valence-electron chi connectivity index (χ3n) is 4.08. The van der Waals surface area contributed by atoms with Gasteiger partial charge in [0.15, 0.2) is 0 Å². The van der Waals surface area contributed by atoms with Crippen LogP contribution < -0.4 is 5.32 Å². The zero-order chi connectivity index (χ0) is 15.0. The lowest BCUT2D eigenvalue weighted by atomic mass is 9.79. The second-order valence-electron chi connectivity index (χ2n) is 5.26. The number of hydrogen-bond acceptors (Lipinski definition) is 2. The highest BCUT2D eigenvalue weighted by Crippen LogP contribution is 2.29. The van der Waals surface area contributed by atoms with E-state index in [9.17, 15) is 9.90 Å². The summed E-state index contributed by atoms with van der Waals surface area (Å²) in [4.78, 5) is 12.0. The van der Waals surface area contributed by atoms with E-state index in [0.717, 1.165) is 29.3 Å². The third-order valence-corrected chi connectivity index (χ3v) is 4.61. The number of carbonyl (C=O) groups is 1. The van der Waals surface area contributed by atoms with Crippen LogP contribution in [0.25, 0.3) is 0 Å². The second-order valence-corrected chi connectivity index (χ2v) is 6.18. The van der Waals surface area contributed by atoms with Crippen molar-refractivity contribution in [3.8, 4) is 0 Å². The van der Waals surface area contributed by atoms with E-state index in [-0.39, 0.29) is 17.9 Å². The van der Waals surface area contributed by atoms with Gasteiger partial charge in [0, 0.05) is 17.6 Å². The van der Waals surface area contributed by atoms with Gasteiger partial charge < -0.3 is 10.4 Å². The van der Waals surface area contributed by atoms with E-state index in [4.69, 9.17) is 0 Å². The molecule has 0 heterocycles. The number of rotatable bonds is 8. The van der Waals surface area contributed by atoms with Gasteiger partial charge in [-0.1, -0.05) is 41.9 Å². The van der Waals surface area contributed by atoms with Crippen molar-refractivity contribution in [2.45, 2.75) is 39.5 Å². The molecule has 1 rings (SSSR count). The Hall–Kier alpha value is -0.870. The Labute approximate surface area is 129 Å². The summed E-state index contributed by atoms with van der Waals surface area (Å²) in [7, 11) is 0. The maximum atomic E-state index is 12.0. The summed E-state index contributed by atoms with van der Waals surface area (Å²) < 4.78 is 1.01. The largest absolute Gasteiger partial charge is 0.396 e. The second kappa shape index (κ2) is 8.42. The number of carbonyl (C=O) groups excluding carboxylic acids is 1. The Morgan fingerprint density at radius 1 is 1.25 bits per heavy atom. The van der Waals surface area contributed by atoms with Gasteiger partial charge in [0.1, 0.15) is 0 Å². The van der Waals surface area contributed by atoms with Crippen LogP contribution in [0.3, 0.4) is 0 Å². The average molecular weight is 342 g/mol. The minimum atomic E-state index is 0.0180. The predicted molar refractivity (Wildman–Crippen MR) is 85.6 cm³/mol. The monoisotopic (exact) mass is 341 g/mol. The minimum absolute atomic E-state index is 0.0180. The van der Waals surface area contributed by atoms with Crippen molar-refractivity contribution in [2.24, 2.45) is 5.41 Å². The van der Waals surface area contributed by atoms with Crippen molar-refractivity contribution in [1.29, 1.82) is 0 Å². The Morgan fingerprint density at radius 2 is 1.85 bits per heavy atom. The van der Waals surface area contributed by atoms with Crippen LogP contribution in [0, 0.1) is 5.41 Å². The zero-order valence-corrected chi connectivity index (χ0v) is 13.9. The lowest BCUT2D eigenvalue weighted by Crippen LogP contribution is -2.38. The summed E-state index contributed by atoms with van der Waals surface area (Å²) in [6.07, 6.45) is 3.06. The van der Waals surface area contributed by atoms with E-state index in [1.165, 1.54) is 0 Å². The van der Waals surface area contributed by atoms with Crippen molar-refractivity contribution in [2.75, 3.05) is 13.2 Å². The number of amides is 1. The van der Waals surface area contributed by atoms with Crippen LogP contribution >= 0.6 is 15.9 Å². The summed E-state index contributed by atoms with van der Waals surface area (Å²) in [5, 5.41) is 12.2. The first-order valence-corrected chi connectivity index (χ1v) is 7.96. The molecule has 0 aliphatic carbocycles. The fourth-order valence-electron chi connectivity index (χ4n) is 2.32. The van der Waals surface area contributed by atoms with Crippen LogP contribution in [-0.2, 0) is 11.2 Å². The summed E-state index contributed by atoms with van der Waals surface area (Å²) in [6, 6.07) is 7.78. The Kier molecular flexibility index (Phi) is 7.24. The topological polar surface area (TPSA) is 49.3 Å². The smallest absolute Gasteiger partial charge is 0.224 e. The molecule has 20 heavy (non-hydrogen) atoms. The summed E-state index contributed by atoms with van der Waals surface area (Å²) >= 11 is 3.38.